The quantitative estimate of drug-likeness (QED) is 0.703. The largest absolute Gasteiger partial charge is 0.314 e. The summed E-state index contributed by atoms with van der Waals surface area (Å²) in [4.78, 5) is 2.55. The van der Waals surface area contributed by atoms with E-state index >= 15 is 0 Å². The lowest BCUT2D eigenvalue weighted by Crippen LogP contribution is -2.49. The summed E-state index contributed by atoms with van der Waals surface area (Å²) in [6.45, 7) is 4.25. The Balaban J connectivity index is 1.87. The van der Waals surface area contributed by atoms with Crippen LogP contribution in [0.2, 0.25) is 0 Å². The summed E-state index contributed by atoms with van der Waals surface area (Å²) in [6, 6.07) is 2.26. The second-order valence-electron chi connectivity index (χ2n) is 4.88. The Bertz CT molecular complexity index is 229. The van der Waals surface area contributed by atoms with Crippen molar-refractivity contribution < 1.29 is 0 Å². The first-order chi connectivity index (χ1) is 7.35. The van der Waals surface area contributed by atoms with Gasteiger partial charge in [0.15, 0.2) is 0 Å². The average Bonchev–Trinajstić information content (AvgIpc) is 2.51. The molecule has 0 spiro atoms. The Hall–Kier alpha value is -0.520. The van der Waals surface area contributed by atoms with E-state index in [0.29, 0.717) is 0 Å². The molecule has 0 amide bonds. The summed E-state index contributed by atoms with van der Waals surface area (Å²) in [5.41, 5.74) is 0. The van der Waals surface area contributed by atoms with Crippen molar-refractivity contribution in [2.24, 2.45) is 0 Å². The highest BCUT2D eigenvalue weighted by Gasteiger charge is 2.39. The lowest BCUT2D eigenvalue weighted by molar-refractivity contribution is 0.134. The molecule has 84 valence electrons. The fourth-order valence-electron chi connectivity index (χ4n) is 3.15. The number of nitrogens with one attached hydrogen (secondary N) is 1. The number of rotatable bonds is 4. The van der Waals surface area contributed by atoms with Crippen LogP contribution in [-0.4, -0.2) is 36.1 Å². The first-order valence-electron chi connectivity index (χ1n) is 6.27. The maximum Gasteiger partial charge on any atom is 0.0603 e. The van der Waals surface area contributed by atoms with Gasteiger partial charge in [-0.3, -0.25) is 4.90 Å². The van der Waals surface area contributed by atoms with E-state index in [4.69, 9.17) is 6.42 Å². The van der Waals surface area contributed by atoms with Crippen molar-refractivity contribution in [3.8, 4) is 12.3 Å². The monoisotopic (exact) mass is 206 g/mol. The molecule has 2 rings (SSSR count). The van der Waals surface area contributed by atoms with Crippen LogP contribution in [0.15, 0.2) is 0 Å². The van der Waals surface area contributed by atoms with Crippen molar-refractivity contribution in [1.29, 1.82) is 0 Å². The van der Waals surface area contributed by atoms with E-state index in [-0.39, 0.29) is 0 Å². The lowest BCUT2D eigenvalue weighted by atomic mass is 9.97. The van der Waals surface area contributed by atoms with Gasteiger partial charge in [0.1, 0.15) is 0 Å². The summed E-state index contributed by atoms with van der Waals surface area (Å²) < 4.78 is 0. The minimum Gasteiger partial charge on any atom is -0.314 e. The predicted octanol–water partition coefficient (Wildman–Crippen LogP) is 1.61. The molecule has 0 aromatic carbocycles. The minimum absolute atomic E-state index is 0.747. The summed E-state index contributed by atoms with van der Waals surface area (Å²) in [5.74, 6) is 2.80. The Labute approximate surface area is 93.4 Å². The number of terminal acetylenes is 1. The molecule has 2 unspecified atom stereocenters. The maximum atomic E-state index is 5.42. The van der Waals surface area contributed by atoms with Crippen molar-refractivity contribution in [2.45, 2.75) is 57.2 Å². The number of fused-ring (bicyclic) bond motifs is 2. The molecular weight excluding hydrogens is 184 g/mol. The molecule has 2 saturated heterocycles. The Morgan fingerprint density at radius 3 is 2.53 bits per heavy atom. The summed E-state index contributed by atoms with van der Waals surface area (Å²) >= 11 is 0. The van der Waals surface area contributed by atoms with Gasteiger partial charge in [-0.1, -0.05) is 12.8 Å². The molecule has 2 bridgehead atoms. The van der Waals surface area contributed by atoms with Crippen molar-refractivity contribution in [3.63, 3.8) is 0 Å². The van der Waals surface area contributed by atoms with E-state index in [0.717, 1.165) is 24.7 Å². The van der Waals surface area contributed by atoms with Crippen LogP contribution in [0.5, 0.6) is 0 Å². The van der Waals surface area contributed by atoms with Crippen LogP contribution in [0.3, 0.4) is 0 Å². The molecule has 2 fully saturated rings. The van der Waals surface area contributed by atoms with Gasteiger partial charge in [-0.05, 0) is 38.6 Å². The Kier molecular flexibility index (Phi) is 3.66. The smallest absolute Gasteiger partial charge is 0.0603 e. The maximum absolute atomic E-state index is 5.42. The molecule has 2 heterocycles. The SMILES string of the molecule is C#CCN1C2CCC1CC(NCCC)C2. The van der Waals surface area contributed by atoms with E-state index in [2.05, 4.69) is 23.1 Å². The fourth-order valence-corrected chi connectivity index (χ4v) is 3.15. The molecule has 2 aliphatic heterocycles. The Morgan fingerprint density at radius 2 is 2.00 bits per heavy atom. The number of hydrogen-bond donors (Lipinski definition) is 1. The van der Waals surface area contributed by atoms with Gasteiger partial charge in [0.05, 0.1) is 6.54 Å². The van der Waals surface area contributed by atoms with Crippen molar-refractivity contribution in [1.82, 2.24) is 10.2 Å². The number of piperidine rings is 1. The lowest BCUT2D eigenvalue weighted by Gasteiger charge is -2.38. The van der Waals surface area contributed by atoms with Crippen LogP contribution in [0.25, 0.3) is 0 Å². The Morgan fingerprint density at radius 1 is 1.33 bits per heavy atom. The van der Waals surface area contributed by atoms with Gasteiger partial charge in [0.2, 0.25) is 0 Å². The van der Waals surface area contributed by atoms with Crippen molar-refractivity contribution in [3.05, 3.63) is 0 Å². The second-order valence-corrected chi connectivity index (χ2v) is 4.88. The van der Waals surface area contributed by atoms with Gasteiger partial charge in [-0.25, -0.2) is 0 Å². The zero-order valence-electron chi connectivity index (χ0n) is 9.71. The zero-order valence-corrected chi connectivity index (χ0v) is 9.71. The van der Waals surface area contributed by atoms with Crippen LogP contribution in [0.4, 0.5) is 0 Å². The summed E-state index contributed by atoms with van der Waals surface area (Å²) in [5, 5.41) is 3.66. The highest BCUT2D eigenvalue weighted by atomic mass is 15.2. The zero-order chi connectivity index (χ0) is 10.7. The minimum atomic E-state index is 0.747. The molecule has 1 N–H and O–H groups in total. The van der Waals surface area contributed by atoms with Crippen LogP contribution in [0, 0.1) is 12.3 Å². The van der Waals surface area contributed by atoms with Crippen LogP contribution in [-0.2, 0) is 0 Å². The second kappa shape index (κ2) is 5.01. The van der Waals surface area contributed by atoms with Crippen molar-refractivity contribution >= 4 is 0 Å². The molecule has 0 aromatic heterocycles. The van der Waals surface area contributed by atoms with Gasteiger partial charge in [-0.2, -0.15) is 0 Å². The highest BCUT2D eigenvalue weighted by molar-refractivity contribution is 5.02. The van der Waals surface area contributed by atoms with Crippen molar-refractivity contribution in [2.75, 3.05) is 13.1 Å². The van der Waals surface area contributed by atoms with Gasteiger partial charge < -0.3 is 5.32 Å². The van der Waals surface area contributed by atoms with Crippen LogP contribution in [0.1, 0.15) is 39.0 Å². The van der Waals surface area contributed by atoms with Gasteiger partial charge in [-0.15, -0.1) is 6.42 Å². The molecule has 15 heavy (non-hydrogen) atoms. The normalized spacial score (nSPS) is 35.3. The standard InChI is InChI=1S/C13H22N2/c1-3-7-14-11-9-12-5-6-13(10-11)15(12)8-4-2/h2,11-14H,3,5-10H2,1H3. The first-order valence-corrected chi connectivity index (χ1v) is 6.27. The molecule has 0 saturated carbocycles. The third kappa shape index (κ3) is 2.35. The highest BCUT2D eigenvalue weighted by Crippen LogP contribution is 2.35. The molecule has 2 atom stereocenters. The molecule has 2 aliphatic rings. The molecular formula is C13H22N2. The van der Waals surface area contributed by atoms with E-state index in [9.17, 15) is 0 Å². The van der Waals surface area contributed by atoms with E-state index in [1.54, 1.807) is 0 Å². The van der Waals surface area contributed by atoms with Crippen LogP contribution < -0.4 is 5.32 Å². The van der Waals surface area contributed by atoms with Gasteiger partial charge in [0, 0.05) is 18.1 Å². The van der Waals surface area contributed by atoms with Crippen LogP contribution >= 0.6 is 0 Å². The molecule has 0 aromatic rings. The number of hydrogen-bond acceptors (Lipinski definition) is 2. The third-order valence-corrected chi connectivity index (χ3v) is 3.84. The fraction of sp³-hybridized carbons (Fsp3) is 0.846. The van der Waals surface area contributed by atoms with Gasteiger partial charge >= 0.3 is 0 Å². The van der Waals surface area contributed by atoms with E-state index < -0.39 is 0 Å². The third-order valence-electron chi connectivity index (χ3n) is 3.84. The van der Waals surface area contributed by atoms with E-state index in [1.807, 2.05) is 0 Å². The molecule has 0 aliphatic carbocycles. The topological polar surface area (TPSA) is 15.3 Å². The molecule has 0 radical (unpaired) electrons. The molecule has 2 heteroatoms. The first kappa shape index (κ1) is 11.0. The number of nitrogens with zero attached hydrogens (tertiary/aromatic N) is 1. The van der Waals surface area contributed by atoms with E-state index in [1.165, 1.54) is 38.6 Å². The summed E-state index contributed by atoms with van der Waals surface area (Å²) in [6.07, 6.45) is 12.0. The summed E-state index contributed by atoms with van der Waals surface area (Å²) in [7, 11) is 0. The molecule has 2 nitrogen and oxygen atoms in total. The van der Waals surface area contributed by atoms with Gasteiger partial charge in [0.25, 0.3) is 0 Å². The average molecular weight is 206 g/mol. The predicted molar refractivity (Wildman–Crippen MR) is 63.7 cm³/mol.